The van der Waals surface area contributed by atoms with Gasteiger partial charge >= 0.3 is 0 Å². The van der Waals surface area contributed by atoms with Crippen molar-refractivity contribution in [2.75, 3.05) is 0 Å². The van der Waals surface area contributed by atoms with Gasteiger partial charge in [0, 0.05) is 17.6 Å². The van der Waals surface area contributed by atoms with Crippen LogP contribution in [0.25, 0.3) is 0 Å². The van der Waals surface area contributed by atoms with Crippen LogP contribution < -0.4 is 4.72 Å². The zero-order chi connectivity index (χ0) is 13.9. The predicted octanol–water partition coefficient (Wildman–Crippen LogP) is 1.77. The number of halogens is 1. The van der Waals surface area contributed by atoms with Crippen LogP contribution in [0.3, 0.4) is 0 Å². The number of thiazole rings is 1. The number of rotatable bonds is 5. The monoisotopic (exact) mass is 318 g/mol. The molecule has 1 aromatic heterocycles. The maximum Gasteiger partial charge on any atom is 0.242 e. The van der Waals surface area contributed by atoms with Crippen molar-refractivity contribution in [3.63, 3.8) is 0 Å². The number of hydrogen-bond donors (Lipinski definition) is 2. The van der Waals surface area contributed by atoms with Crippen LogP contribution in [0.1, 0.15) is 10.4 Å². The van der Waals surface area contributed by atoms with Gasteiger partial charge in [0.2, 0.25) is 10.0 Å². The van der Waals surface area contributed by atoms with E-state index in [0.717, 1.165) is 4.88 Å². The van der Waals surface area contributed by atoms with Gasteiger partial charge in [0.15, 0.2) is 0 Å². The minimum absolute atomic E-state index is 0.0368. The molecule has 1 aromatic carbocycles. The molecule has 1 heterocycles. The first-order valence-corrected chi connectivity index (χ1v) is 8.03. The number of benzene rings is 1. The minimum Gasteiger partial charge on any atom is -0.392 e. The van der Waals surface area contributed by atoms with Gasteiger partial charge in [-0.05, 0) is 17.7 Å². The molecule has 0 bridgehead atoms. The maximum atomic E-state index is 12.1. The molecule has 102 valence electrons. The van der Waals surface area contributed by atoms with Crippen molar-refractivity contribution in [1.82, 2.24) is 9.71 Å². The fraction of sp³-hybridized carbons (Fsp3) is 0.182. The fourth-order valence-corrected chi connectivity index (χ4v) is 3.61. The van der Waals surface area contributed by atoms with Crippen molar-refractivity contribution in [3.8, 4) is 0 Å². The number of nitrogens with one attached hydrogen (secondary N) is 1. The number of hydrogen-bond acceptors (Lipinski definition) is 5. The molecule has 0 saturated carbocycles. The first-order valence-electron chi connectivity index (χ1n) is 5.29. The van der Waals surface area contributed by atoms with Crippen molar-refractivity contribution in [2.24, 2.45) is 0 Å². The Labute approximate surface area is 119 Å². The second-order valence-corrected chi connectivity index (χ2v) is 6.83. The number of aliphatic hydroxyl groups is 1. The third kappa shape index (κ3) is 3.52. The Morgan fingerprint density at radius 3 is 2.84 bits per heavy atom. The van der Waals surface area contributed by atoms with Gasteiger partial charge in [-0.3, -0.25) is 4.98 Å². The van der Waals surface area contributed by atoms with E-state index in [1.165, 1.54) is 23.5 Å². The van der Waals surface area contributed by atoms with Crippen LogP contribution in [0.4, 0.5) is 0 Å². The first kappa shape index (κ1) is 14.4. The van der Waals surface area contributed by atoms with Crippen LogP contribution in [0, 0.1) is 0 Å². The van der Waals surface area contributed by atoms with Crippen LogP contribution in [0.2, 0.25) is 5.02 Å². The zero-order valence-electron chi connectivity index (χ0n) is 9.71. The second kappa shape index (κ2) is 5.98. The highest BCUT2D eigenvalue weighted by Gasteiger charge is 2.18. The summed E-state index contributed by atoms with van der Waals surface area (Å²) in [6.07, 6.45) is 1.60. The normalized spacial score (nSPS) is 11.7. The lowest BCUT2D eigenvalue weighted by atomic mass is 10.2. The van der Waals surface area contributed by atoms with Gasteiger partial charge in [0.1, 0.15) is 4.90 Å². The van der Waals surface area contributed by atoms with E-state index in [-0.39, 0.29) is 23.1 Å². The maximum absolute atomic E-state index is 12.1. The van der Waals surface area contributed by atoms with E-state index in [9.17, 15) is 8.42 Å². The van der Waals surface area contributed by atoms with Gasteiger partial charge in [-0.1, -0.05) is 17.7 Å². The average Bonchev–Trinajstić information content (AvgIpc) is 2.90. The van der Waals surface area contributed by atoms with Crippen molar-refractivity contribution in [2.45, 2.75) is 18.0 Å². The van der Waals surface area contributed by atoms with E-state index >= 15 is 0 Å². The number of nitrogens with zero attached hydrogens (tertiary/aromatic N) is 1. The van der Waals surface area contributed by atoms with Gasteiger partial charge < -0.3 is 5.11 Å². The molecule has 8 heteroatoms. The third-order valence-corrected chi connectivity index (χ3v) is 5.05. The van der Waals surface area contributed by atoms with E-state index in [1.807, 2.05) is 0 Å². The molecule has 0 aliphatic heterocycles. The molecule has 0 radical (unpaired) electrons. The molecule has 0 fully saturated rings. The Balaban J connectivity index is 2.23. The Morgan fingerprint density at radius 2 is 2.21 bits per heavy atom. The highest BCUT2D eigenvalue weighted by atomic mass is 35.5. The van der Waals surface area contributed by atoms with E-state index in [1.54, 1.807) is 17.8 Å². The quantitative estimate of drug-likeness (QED) is 0.880. The molecule has 0 atom stereocenters. The molecule has 0 aliphatic carbocycles. The number of sulfonamides is 1. The van der Waals surface area contributed by atoms with Crippen molar-refractivity contribution in [3.05, 3.63) is 45.4 Å². The lowest BCUT2D eigenvalue weighted by Gasteiger charge is -2.08. The van der Waals surface area contributed by atoms with Gasteiger partial charge in [0.05, 0.1) is 17.1 Å². The summed E-state index contributed by atoms with van der Waals surface area (Å²) < 4.78 is 26.7. The topological polar surface area (TPSA) is 79.3 Å². The smallest absolute Gasteiger partial charge is 0.242 e. The van der Waals surface area contributed by atoms with Crippen LogP contribution in [0.15, 0.2) is 34.8 Å². The van der Waals surface area contributed by atoms with E-state index in [2.05, 4.69) is 9.71 Å². The standard InChI is InChI=1S/C11H11ClN2O3S2/c12-10-2-1-8(6-15)3-11(10)19(16,17)14-5-9-4-13-7-18-9/h1-4,7,14-15H,5-6H2. The van der Waals surface area contributed by atoms with Crippen molar-refractivity contribution >= 4 is 33.0 Å². The van der Waals surface area contributed by atoms with Crippen molar-refractivity contribution in [1.29, 1.82) is 0 Å². The van der Waals surface area contributed by atoms with E-state index in [0.29, 0.717) is 5.56 Å². The van der Waals surface area contributed by atoms with Crippen LogP contribution in [-0.2, 0) is 23.2 Å². The Morgan fingerprint density at radius 1 is 1.42 bits per heavy atom. The van der Waals surface area contributed by atoms with Gasteiger partial charge in [-0.2, -0.15) is 0 Å². The molecule has 0 spiro atoms. The molecule has 2 aromatic rings. The Bertz CT molecular complexity index is 657. The summed E-state index contributed by atoms with van der Waals surface area (Å²) in [4.78, 5) is 4.63. The summed E-state index contributed by atoms with van der Waals surface area (Å²) in [6.45, 7) is -0.0821. The summed E-state index contributed by atoms with van der Waals surface area (Å²) >= 11 is 7.25. The molecule has 19 heavy (non-hydrogen) atoms. The lowest BCUT2D eigenvalue weighted by Crippen LogP contribution is -2.23. The zero-order valence-corrected chi connectivity index (χ0v) is 12.1. The van der Waals surface area contributed by atoms with E-state index < -0.39 is 10.0 Å². The first-order chi connectivity index (χ1) is 9.03. The summed E-state index contributed by atoms with van der Waals surface area (Å²) in [5, 5.41) is 9.15. The summed E-state index contributed by atoms with van der Waals surface area (Å²) in [7, 11) is -3.71. The summed E-state index contributed by atoms with van der Waals surface area (Å²) in [6, 6.07) is 4.39. The SMILES string of the molecule is O=S(=O)(NCc1cncs1)c1cc(CO)ccc1Cl. The highest BCUT2D eigenvalue weighted by molar-refractivity contribution is 7.89. The lowest BCUT2D eigenvalue weighted by molar-refractivity contribution is 0.281. The molecule has 0 saturated heterocycles. The fourth-order valence-electron chi connectivity index (χ4n) is 1.43. The third-order valence-electron chi connectivity index (χ3n) is 2.39. The molecule has 0 amide bonds. The predicted molar refractivity (Wildman–Crippen MR) is 73.5 cm³/mol. The Kier molecular flexibility index (Phi) is 4.54. The van der Waals surface area contributed by atoms with Crippen LogP contribution in [-0.4, -0.2) is 18.5 Å². The van der Waals surface area contributed by atoms with Gasteiger partial charge in [0.25, 0.3) is 0 Å². The highest BCUT2D eigenvalue weighted by Crippen LogP contribution is 2.23. The summed E-state index contributed by atoms with van der Waals surface area (Å²) in [5.41, 5.74) is 2.12. The largest absolute Gasteiger partial charge is 0.392 e. The number of aliphatic hydroxyl groups excluding tert-OH is 1. The minimum atomic E-state index is -3.71. The molecule has 5 nitrogen and oxygen atoms in total. The molecule has 0 unspecified atom stereocenters. The number of aromatic nitrogens is 1. The van der Waals surface area contributed by atoms with Crippen LogP contribution >= 0.6 is 22.9 Å². The van der Waals surface area contributed by atoms with Gasteiger partial charge in [-0.15, -0.1) is 11.3 Å². The Hall–Kier alpha value is -0.990. The molecule has 2 N–H and O–H groups in total. The summed E-state index contributed by atoms with van der Waals surface area (Å²) in [5.74, 6) is 0. The van der Waals surface area contributed by atoms with Gasteiger partial charge in [-0.25, -0.2) is 13.1 Å². The average molecular weight is 319 g/mol. The second-order valence-electron chi connectivity index (χ2n) is 3.72. The van der Waals surface area contributed by atoms with E-state index in [4.69, 9.17) is 16.7 Å². The molecular formula is C11H11ClN2O3S2. The molecule has 0 aliphatic rings. The molecular weight excluding hydrogens is 308 g/mol. The van der Waals surface area contributed by atoms with Crippen LogP contribution in [0.5, 0.6) is 0 Å². The van der Waals surface area contributed by atoms with Crippen molar-refractivity contribution < 1.29 is 13.5 Å². The molecule has 2 rings (SSSR count).